The van der Waals surface area contributed by atoms with E-state index >= 15 is 0 Å². The van der Waals surface area contributed by atoms with Crippen LogP contribution >= 0.6 is 11.6 Å². The molecule has 0 saturated heterocycles. The highest BCUT2D eigenvalue weighted by molar-refractivity contribution is 6.31. The molecule has 1 heterocycles. The van der Waals surface area contributed by atoms with Crippen molar-refractivity contribution in [2.45, 2.75) is 19.0 Å². The van der Waals surface area contributed by atoms with Crippen molar-refractivity contribution in [3.63, 3.8) is 0 Å². The van der Waals surface area contributed by atoms with E-state index in [9.17, 15) is 0 Å². The van der Waals surface area contributed by atoms with Crippen LogP contribution in [0.2, 0.25) is 5.02 Å². The second-order valence-electron chi connectivity index (χ2n) is 7.15. The van der Waals surface area contributed by atoms with E-state index < -0.39 is 0 Å². The summed E-state index contributed by atoms with van der Waals surface area (Å²) in [6.45, 7) is 0.747. The Morgan fingerprint density at radius 3 is 2.55 bits per heavy atom. The molecule has 0 spiro atoms. The molecule has 0 aliphatic carbocycles. The van der Waals surface area contributed by atoms with E-state index in [-0.39, 0.29) is 6.04 Å². The van der Waals surface area contributed by atoms with Gasteiger partial charge < -0.3 is 10.6 Å². The first-order valence-corrected chi connectivity index (χ1v) is 10.2. The Morgan fingerprint density at radius 1 is 0.897 bits per heavy atom. The molecule has 29 heavy (non-hydrogen) atoms. The van der Waals surface area contributed by atoms with Crippen molar-refractivity contribution in [3.8, 4) is 0 Å². The summed E-state index contributed by atoms with van der Waals surface area (Å²) in [4.78, 5) is 4.41. The first-order valence-electron chi connectivity index (χ1n) is 9.81. The van der Waals surface area contributed by atoms with Gasteiger partial charge in [-0.1, -0.05) is 66.2 Å². The lowest BCUT2D eigenvalue weighted by Gasteiger charge is -2.18. The normalized spacial score (nSPS) is 12.1. The van der Waals surface area contributed by atoms with Crippen LogP contribution < -0.4 is 10.6 Å². The molecule has 146 valence electrons. The fourth-order valence-corrected chi connectivity index (χ4v) is 3.80. The van der Waals surface area contributed by atoms with Gasteiger partial charge in [-0.05, 0) is 54.4 Å². The standard InChI is InChI=1S/C25H24ClN3/c1-27-24(15-18-6-3-2-4-7-18)20-9-5-8-19(14-20)17-29-23-12-13-28-25-16-21(26)10-11-22(23)25/h2-14,16,24,27H,15,17H2,1H3,(H,28,29). The van der Waals surface area contributed by atoms with Crippen LogP contribution in [0.5, 0.6) is 0 Å². The average Bonchev–Trinajstić information content (AvgIpc) is 2.76. The third-order valence-electron chi connectivity index (χ3n) is 5.17. The average molecular weight is 402 g/mol. The molecule has 2 N–H and O–H groups in total. The van der Waals surface area contributed by atoms with Crippen molar-refractivity contribution in [3.05, 3.63) is 107 Å². The summed E-state index contributed by atoms with van der Waals surface area (Å²) in [5.74, 6) is 0. The Bertz CT molecular complexity index is 1100. The van der Waals surface area contributed by atoms with E-state index in [1.54, 1.807) is 0 Å². The van der Waals surface area contributed by atoms with Crippen molar-refractivity contribution in [2.24, 2.45) is 0 Å². The summed E-state index contributed by atoms with van der Waals surface area (Å²) < 4.78 is 0. The predicted molar refractivity (Wildman–Crippen MR) is 122 cm³/mol. The van der Waals surface area contributed by atoms with Crippen molar-refractivity contribution in [1.29, 1.82) is 0 Å². The third kappa shape index (κ3) is 4.76. The number of anilines is 1. The van der Waals surface area contributed by atoms with Crippen LogP contribution in [0.3, 0.4) is 0 Å². The number of pyridine rings is 1. The fraction of sp³-hybridized carbons (Fsp3) is 0.160. The van der Waals surface area contributed by atoms with Gasteiger partial charge in [-0.2, -0.15) is 0 Å². The highest BCUT2D eigenvalue weighted by atomic mass is 35.5. The van der Waals surface area contributed by atoms with E-state index in [2.05, 4.69) is 70.2 Å². The molecular weight excluding hydrogens is 378 g/mol. The summed E-state index contributed by atoms with van der Waals surface area (Å²) in [5, 5.41) is 8.78. The molecule has 0 bridgehead atoms. The number of aromatic nitrogens is 1. The summed E-state index contributed by atoms with van der Waals surface area (Å²) in [6.07, 6.45) is 2.78. The van der Waals surface area contributed by atoms with Crippen LogP contribution in [0.4, 0.5) is 5.69 Å². The lowest BCUT2D eigenvalue weighted by Crippen LogP contribution is -2.19. The Balaban J connectivity index is 1.50. The Labute approximate surface area is 176 Å². The van der Waals surface area contributed by atoms with Crippen LogP contribution in [0.25, 0.3) is 10.9 Å². The third-order valence-corrected chi connectivity index (χ3v) is 5.41. The van der Waals surface area contributed by atoms with E-state index in [0.29, 0.717) is 5.02 Å². The number of rotatable bonds is 7. The second-order valence-corrected chi connectivity index (χ2v) is 7.59. The quantitative estimate of drug-likeness (QED) is 0.398. The van der Waals surface area contributed by atoms with Gasteiger partial charge >= 0.3 is 0 Å². The molecule has 4 heteroatoms. The maximum atomic E-state index is 6.10. The highest BCUT2D eigenvalue weighted by Gasteiger charge is 2.11. The minimum atomic E-state index is 0.279. The minimum Gasteiger partial charge on any atom is -0.380 e. The number of likely N-dealkylation sites (N-methyl/N-ethyl adjacent to an activating group) is 1. The largest absolute Gasteiger partial charge is 0.380 e. The Hall–Kier alpha value is -2.88. The molecule has 0 fully saturated rings. The molecule has 0 amide bonds. The van der Waals surface area contributed by atoms with Crippen molar-refractivity contribution < 1.29 is 0 Å². The van der Waals surface area contributed by atoms with E-state index in [4.69, 9.17) is 11.6 Å². The van der Waals surface area contributed by atoms with Crippen LogP contribution in [0.1, 0.15) is 22.7 Å². The molecule has 1 unspecified atom stereocenters. The fourth-order valence-electron chi connectivity index (χ4n) is 3.63. The SMILES string of the molecule is CNC(Cc1ccccc1)c1cccc(CNc2ccnc3cc(Cl)ccc23)c1. The maximum absolute atomic E-state index is 6.10. The van der Waals surface area contributed by atoms with Gasteiger partial charge in [0.05, 0.1) is 5.52 Å². The topological polar surface area (TPSA) is 37.0 Å². The molecule has 3 nitrogen and oxygen atoms in total. The molecule has 0 aliphatic heterocycles. The smallest absolute Gasteiger partial charge is 0.0737 e. The van der Waals surface area contributed by atoms with Crippen molar-refractivity contribution in [1.82, 2.24) is 10.3 Å². The molecule has 3 aromatic carbocycles. The number of hydrogen-bond acceptors (Lipinski definition) is 3. The van der Waals surface area contributed by atoms with Gasteiger partial charge in [-0.3, -0.25) is 4.98 Å². The van der Waals surface area contributed by atoms with Crippen LogP contribution in [0, 0.1) is 0 Å². The number of benzene rings is 3. The van der Waals surface area contributed by atoms with E-state index in [1.807, 2.05) is 37.5 Å². The monoisotopic (exact) mass is 401 g/mol. The zero-order valence-electron chi connectivity index (χ0n) is 16.4. The van der Waals surface area contributed by atoms with Gasteiger partial charge in [0, 0.05) is 34.9 Å². The highest BCUT2D eigenvalue weighted by Crippen LogP contribution is 2.25. The van der Waals surface area contributed by atoms with Crippen LogP contribution in [-0.2, 0) is 13.0 Å². The van der Waals surface area contributed by atoms with Gasteiger partial charge in [-0.15, -0.1) is 0 Å². The first-order chi connectivity index (χ1) is 14.2. The molecule has 0 aliphatic rings. The zero-order chi connectivity index (χ0) is 20.1. The number of nitrogens with one attached hydrogen (secondary N) is 2. The summed E-state index contributed by atoms with van der Waals surface area (Å²) >= 11 is 6.10. The molecule has 1 atom stereocenters. The number of halogens is 1. The number of hydrogen-bond donors (Lipinski definition) is 2. The molecule has 0 saturated carbocycles. The van der Waals surface area contributed by atoms with Crippen LogP contribution in [-0.4, -0.2) is 12.0 Å². The van der Waals surface area contributed by atoms with Gasteiger partial charge in [0.1, 0.15) is 0 Å². The Morgan fingerprint density at radius 2 is 1.72 bits per heavy atom. The van der Waals surface area contributed by atoms with Crippen molar-refractivity contribution in [2.75, 3.05) is 12.4 Å². The van der Waals surface area contributed by atoms with E-state index in [0.717, 1.165) is 29.6 Å². The van der Waals surface area contributed by atoms with Gasteiger partial charge in [0.2, 0.25) is 0 Å². The zero-order valence-corrected chi connectivity index (χ0v) is 17.2. The predicted octanol–water partition coefficient (Wildman–Crippen LogP) is 6.00. The first kappa shape index (κ1) is 19.4. The van der Waals surface area contributed by atoms with Crippen molar-refractivity contribution >= 4 is 28.2 Å². The van der Waals surface area contributed by atoms with E-state index in [1.165, 1.54) is 16.7 Å². The minimum absolute atomic E-state index is 0.279. The van der Waals surface area contributed by atoms with Gasteiger partial charge in [-0.25, -0.2) is 0 Å². The lowest BCUT2D eigenvalue weighted by atomic mass is 9.97. The van der Waals surface area contributed by atoms with Gasteiger partial charge in [0.25, 0.3) is 0 Å². The Kier molecular flexibility index (Phi) is 6.09. The number of nitrogens with zero attached hydrogens (tertiary/aromatic N) is 1. The van der Waals surface area contributed by atoms with Gasteiger partial charge in [0.15, 0.2) is 0 Å². The summed E-state index contributed by atoms with van der Waals surface area (Å²) in [6, 6.07) is 27.4. The molecule has 4 aromatic rings. The molecular formula is C25H24ClN3. The number of fused-ring (bicyclic) bond motifs is 1. The van der Waals surface area contributed by atoms with Crippen LogP contribution in [0.15, 0.2) is 85.1 Å². The summed E-state index contributed by atoms with van der Waals surface area (Å²) in [7, 11) is 2.02. The lowest BCUT2D eigenvalue weighted by molar-refractivity contribution is 0.591. The molecule has 4 rings (SSSR count). The summed E-state index contributed by atoms with van der Waals surface area (Å²) in [5.41, 5.74) is 5.83. The maximum Gasteiger partial charge on any atom is 0.0737 e. The molecule has 1 aromatic heterocycles. The second kappa shape index (κ2) is 9.08. The molecule has 0 radical (unpaired) electrons.